The van der Waals surface area contributed by atoms with Gasteiger partial charge in [-0.15, -0.1) is 10.2 Å². The van der Waals surface area contributed by atoms with Crippen LogP contribution >= 0.6 is 35.0 Å². The fourth-order valence-corrected chi connectivity index (χ4v) is 3.93. The maximum atomic E-state index is 12.3. The second-order valence-corrected chi connectivity index (χ2v) is 8.36. The Hall–Kier alpha value is -3.13. The summed E-state index contributed by atoms with van der Waals surface area (Å²) < 4.78 is 1.94. The lowest BCUT2D eigenvalue weighted by atomic mass is 10.2. The average Bonchev–Trinajstić information content (AvgIpc) is 3.25. The summed E-state index contributed by atoms with van der Waals surface area (Å²) in [4.78, 5) is 12.3. The molecule has 0 bridgehead atoms. The molecule has 0 radical (unpaired) electrons. The molecule has 1 heterocycles. The fraction of sp³-hybridized carbons (Fsp3) is 0.0435. The molecule has 0 unspecified atom stereocenters. The van der Waals surface area contributed by atoms with Crippen LogP contribution in [0.1, 0.15) is 5.56 Å². The lowest BCUT2D eigenvalue weighted by molar-refractivity contribution is -0.118. The zero-order valence-corrected chi connectivity index (χ0v) is 19.0. The molecule has 1 N–H and O–H groups in total. The van der Waals surface area contributed by atoms with Crippen molar-refractivity contribution in [1.29, 1.82) is 0 Å². The van der Waals surface area contributed by atoms with Crippen LogP contribution in [0.4, 0.5) is 0 Å². The van der Waals surface area contributed by atoms with Crippen molar-refractivity contribution in [2.45, 2.75) is 5.16 Å². The molecule has 0 aliphatic carbocycles. The number of amides is 1. The smallest absolute Gasteiger partial charge is 0.250 e. The molecule has 4 rings (SSSR count). The lowest BCUT2D eigenvalue weighted by Crippen LogP contribution is -2.20. The first-order valence-electron chi connectivity index (χ1n) is 9.58. The molecule has 1 aromatic heterocycles. The van der Waals surface area contributed by atoms with E-state index in [1.165, 1.54) is 18.0 Å². The number of nitrogens with one attached hydrogen (secondary N) is 1. The van der Waals surface area contributed by atoms with Gasteiger partial charge in [-0.05, 0) is 29.8 Å². The van der Waals surface area contributed by atoms with E-state index in [9.17, 15) is 4.79 Å². The van der Waals surface area contributed by atoms with Crippen molar-refractivity contribution in [2.24, 2.45) is 5.10 Å². The minimum absolute atomic E-state index is 0.123. The maximum Gasteiger partial charge on any atom is 0.250 e. The molecule has 0 saturated heterocycles. The van der Waals surface area contributed by atoms with Crippen LogP contribution in [0.2, 0.25) is 10.0 Å². The first-order chi connectivity index (χ1) is 15.6. The average molecular weight is 482 g/mol. The second kappa shape index (κ2) is 10.5. The number of carbonyl (C=O) groups is 1. The molecule has 32 heavy (non-hydrogen) atoms. The Balaban J connectivity index is 1.47. The van der Waals surface area contributed by atoms with Gasteiger partial charge < -0.3 is 0 Å². The number of hydrogen-bond donors (Lipinski definition) is 1. The van der Waals surface area contributed by atoms with Gasteiger partial charge in [-0.2, -0.15) is 5.10 Å². The zero-order valence-electron chi connectivity index (χ0n) is 16.7. The molecule has 9 heteroatoms. The summed E-state index contributed by atoms with van der Waals surface area (Å²) in [5.41, 5.74) is 5.09. The van der Waals surface area contributed by atoms with Crippen molar-refractivity contribution in [3.05, 3.63) is 94.5 Å². The van der Waals surface area contributed by atoms with Crippen LogP contribution in [0.15, 0.2) is 89.1 Å². The third kappa shape index (κ3) is 5.37. The standard InChI is InChI=1S/C23H17Cl2N5OS/c24-19-12-11-16(13-20(19)25)14-26-27-21(31)15-32-23-29-28-22(17-7-3-1-4-8-17)30(23)18-9-5-2-6-10-18/h1-14H,15H2,(H,27,31)/b26-14+. The minimum Gasteiger partial charge on any atom is -0.272 e. The predicted octanol–water partition coefficient (Wildman–Crippen LogP) is 5.48. The van der Waals surface area contributed by atoms with Crippen LogP contribution < -0.4 is 5.43 Å². The van der Waals surface area contributed by atoms with E-state index in [0.717, 1.165) is 16.8 Å². The highest BCUT2D eigenvalue weighted by molar-refractivity contribution is 7.99. The molecule has 6 nitrogen and oxygen atoms in total. The van der Waals surface area contributed by atoms with Crippen LogP contribution in [0.5, 0.6) is 0 Å². The summed E-state index contributed by atoms with van der Waals surface area (Å²) in [5.74, 6) is 0.561. The molecular weight excluding hydrogens is 465 g/mol. The molecule has 0 atom stereocenters. The number of aromatic nitrogens is 3. The van der Waals surface area contributed by atoms with Gasteiger partial charge in [-0.1, -0.05) is 89.6 Å². The predicted molar refractivity (Wildman–Crippen MR) is 130 cm³/mol. The number of benzene rings is 3. The van der Waals surface area contributed by atoms with Crippen LogP contribution in [-0.2, 0) is 4.79 Å². The van der Waals surface area contributed by atoms with Crippen LogP contribution in [0.3, 0.4) is 0 Å². The third-order valence-electron chi connectivity index (χ3n) is 4.36. The maximum absolute atomic E-state index is 12.3. The summed E-state index contributed by atoms with van der Waals surface area (Å²) in [7, 11) is 0. The first kappa shape index (κ1) is 22.1. The number of carbonyl (C=O) groups excluding carboxylic acids is 1. The number of hydrazone groups is 1. The zero-order chi connectivity index (χ0) is 22.3. The lowest BCUT2D eigenvalue weighted by Gasteiger charge is -2.10. The molecule has 4 aromatic rings. The van der Waals surface area contributed by atoms with Crippen molar-refractivity contribution in [3.8, 4) is 17.1 Å². The van der Waals surface area contributed by atoms with Crippen molar-refractivity contribution >= 4 is 47.1 Å². The summed E-state index contributed by atoms with van der Waals surface area (Å²) in [6.45, 7) is 0. The normalized spacial score (nSPS) is 11.1. The van der Waals surface area contributed by atoms with E-state index in [4.69, 9.17) is 23.2 Å². The molecule has 0 saturated carbocycles. The van der Waals surface area contributed by atoms with E-state index in [1.807, 2.05) is 65.2 Å². The van der Waals surface area contributed by atoms with Crippen LogP contribution in [0, 0.1) is 0 Å². The summed E-state index contributed by atoms with van der Waals surface area (Å²) in [6.07, 6.45) is 1.50. The summed E-state index contributed by atoms with van der Waals surface area (Å²) >= 11 is 13.2. The van der Waals surface area contributed by atoms with Gasteiger partial charge in [0.25, 0.3) is 5.91 Å². The van der Waals surface area contributed by atoms with Crippen LogP contribution in [-0.4, -0.2) is 32.6 Å². The number of para-hydroxylation sites is 1. The highest BCUT2D eigenvalue weighted by Gasteiger charge is 2.17. The van der Waals surface area contributed by atoms with E-state index >= 15 is 0 Å². The molecule has 0 aliphatic heterocycles. The Kier molecular flexibility index (Phi) is 7.21. The van der Waals surface area contributed by atoms with Gasteiger partial charge in [0.1, 0.15) is 0 Å². The van der Waals surface area contributed by atoms with Crippen molar-refractivity contribution in [1.82, 2.24) is 20.2 Å². The number of thioether (sulfide) groups is 1. The largest absolute Gasteiger partial charge is 0.272 e. The molecule has 0 spiro atoms. The number of rotatable bonds is 7. The Morgan fingerprint density at radius 1 is 0.969 bits per heavy atom. The highest BCUT2D eigenvalue weighted by Crippen LogP contribution is 2.27. The minimum atomic E-state index is -0.268. The number of nitrogens with zero attached hydrogens (tertiary/aromatic N) is 4. The third-order valence-corrected chi connectivity index (χ3v) is 6.03. The molecular formula is C23H17Cl2N5OS. The molecule has 0 aliphatic rings. The monoisotopic (exact) mass is 481 g/mol. The van der Waals surface area contributed by atoms with E-state index in [1.54, 1.807) is 18.2 Å². The van der Waals surface area contributed by atoms with Gasteiger partial charge in [0.2, 0.25) is 0 Å². The first-order valence-corrected chi connectivity index (χ1v) is 11.3. The fourth-order valence-electron chi connectivity index (χ4n) is 2.88. The quantitative estimate of drug-likeness (QED) is 0.215. The van der Waals surface area contributed by atoms with Gasteiger partial charge in [-0.25, -0.2) is 5.43 Å². The Morgan fingerprint density at radius 3 is 2.41 bits per heavy atom. The van der Waals surface area contributed by atoms with E-state index in [-0.39, 0.29) is 11.7 Å². The van der Waals surface area contributed by atoms with Gasteiger partial charge in [-0.3, -0.25) is 9.36 Å². The van der Waals surface area contributed by atoms with Crippen molar-refractivity contribution in [2.75, 3.05) is 5.75 Å². The molecule has 1 amide bonds. The van der Waals surface area contributed by atoms with Gasteiger partial charge in [0.15, 0.2) is 11.0 Å². The van der Waals surface area contributed by atoms with Gasteiger partial charge in [0.05, 0.1) is 22.0 Å². The summed E-state index contributed by atoms with van der Waals surface area (Å²) in [5, 5.41) is 14.2. The van der Waals surface area contributed by atoms with E-state index < -0.39 is 0 Å². The van der Waals surface area contributed by atoms with E-state index in [2.05, 4.69) is 20.7 Å². The highest BCUT2D eigenvalue weighted by atomic mass is 35.5. The second-order valence-electron chi connectivity index (χ2n) is 6.60. The Labute approximate surface area is 199 Å². The van der Waals surface area contributed by atoms with Crippen molar-refractivity contribution < 1.29 is 4.79 Å². The van der Waals surface area contributed by atoms with Crippen molar-refractivity contribution in [3.63, 3.8) is 0 Å². The number of halogens is 2. The Bertz CT molecular complexity index is 1250. The van der Waals surface area contributed by atoms with Gasteiger partial charge >= 0.3 is 0 Å². The van der Waals surface area contributed by atoms with Gasteiger partial charge in [0, 0.05) is 11.3 Å². The topological polar surface area (TPSA) is 72.2 Å². The molecule has 3 aromatic carbocycles. The Morgan fingerprint density at radius 2 is 1.69 bits per heavy atom. The molecule has 160 valence electrons. The number of hydrogen-bond acceptors (Lipinski definition) is 5. The van der Waals surface area contributed by atoms with E-state index in [0.29, 0.717) is 21.0 Å². The van der Waals surface area contributed by atoms with Crippen LogP contribution in [0.25, 0.3) is 17.1 Å². The summed E-state index contributed by atoms with van der Waals surface area (Å²) in [6, 6.07) is 24.7. The SMILES string of the molecule is O=C(CSc1nnc(-c2ccccc2)n1-c1ccccc1)N/N=C/c1ccc(Cl)c(Cl)c1. The molecule has 0 fully saturated rings.